The zero-order valence-electron chi connectivity index (χ0n) is 5.82. The Morgan fingerprint density at radius 3 is 2.91 bits per heavy atom. The van der Waals surface area contributed by atoms with E-state index in [-0.39, 0.29) is 6.42 Å². The molecule has 1 rings (SSSR count). The van der Waals surface area contributed by atoms with Gasteiger partial charge in [-0.3, -0.25) is 4.79 Å². The number of hydrogen-bond donors (Lipinski definition) is 3. The van der Waals surface area contributed by atoms with Gasteiger partial charge in [-0.05, 0) is 12.1 Å². The molecule has 11 heavy (non-hydrogen) atoms. The molecule has 0 saturated heterocycles. The second-order valence-electron chi connectivity index (χ2n) is 2.24. The summed E-state index contributed by atoms with van der Waals surface area (Å²) in [7, 11) is 0. The van der Waals surface area contributed by atoms with Gasteiger partial charge in [-0.25, -0.2) is 0 Å². The zero-order valence-corrected chi connectivity index (χ0v) is 5.82. The van der Waals surface area contributed by atoms with Gasteiger partial charge in [-0.2, -0.15) is 0 Å². The van der Waals surface area contributed by atoms with Crippen LogP contribution in [0, 0.1) is 0 Å². The highest BCUT2D eigenvalue weighted by Gasteiger charge is 2.11. The summed E-state index contributed by atoms with van der Waals surface area (Å²) in [5, 5.41) is 17.5. The van der Waals surface area contributed by atoms with E-state index >= 15 is 0 Å². The topological polar surface area (TPSA) is 73.3 Å². The van der Waals surface area contributed by atoms with Crippen molar-refractivity contribution in [3.8, 4) is 0 Å². The molecule has 0 amide bonds. The molecule has 0 aromatic carbocycles. The van der Waals surface area contributed by atoms with E-state index in [2.05, 4.69) is 4.98 Å². The van der Waals surface area contributed by atoms with Gasteiger partial charge in [0.2, 0.25) is 0 Å². The highest BCUT2D eigenvalue weighted by Crippen LogP contribution is 2.12. The SMILES string of the molecule is O=C(O)CC(O)c1ccc[nH]1. The molecule has 0 fully saturated rings. The third kappa shape index (κ3) is 2.09. The summed E-state index contributed by atoms with van der Waals surface area (Å²) in [4.78, 5) is 12.9. The second-order valence-corrected chi connectivity index (χ2v) is 2.24. The van der Waals surface area contributed by atoms with Crippen LogP contribution in [-0.2, 0) is 4.79 Å². The summed E-state index contributed by atoms with van der Waals surface area (Å²) in [5.41, 5.74) is 0.535. The minimum atomic E-state index is -1.01. The van der Waals surface area contributed by atoms with E-state index in [1.54, 1.807) is 18.3 Å². The van der Waals surface area contributed by atoms with Crippen LogP contribution in [-0.4, -0.2) is 21.2 Å². The van der Waals surface area contributed by atoms with E-state index in [1.807, 2.05) is 0 Å². The van der Waals surface area contributed by atoms with Crippen molar-refractivity contribution in [3.63, 3.8) is 0 Å². The summed E-state index contributed by atoms with van der Waals surface area (Å²) in [5.74, 6) is -1.01. The highest BCUT2D eigenvalue weighted by molar-refractivity contribution is 5.67. The number of aliphatic carboxylic acids is 1. The first-order valence-corrected chi connectivity index (χ1v) is 3.23. The number of rotatable bonds is 3. The first-order valence-electron chi connectivity index (χ1n) is 3.23. The molecule has 0 aliphatic carbocycles. The van der Waals surface area contributed by atoms with Crippen molar-refractivity contribution in [2.45, 2.75) is 12.5 Å². The lowest BCUT2D eigenvalue weighted by atomic mass is 10.2. The molecular weight excluding hydrogens is 146 g/mol. The monoisotopic (exact) mass is 155 g/mol. The molecule has 0 aliphatic rings. The van der Waals surface area contributed by atoms with Crippen LogP contribution in [0.5, 0.6) is 0 Å². The Morgan fingerprint density at radius 1 is 1.73 bits per heavy atom. The van der Waals surface area contributed by atoms with Crippen LogP contribution in [0.25, 0.3) is 0 Å². The number of H-pyrrole nitrogens is 1. The minimum Gasteiger partial charge on any atom is -0.481 e. The maximum atomic E-state index is 10.1. The fourth-order valence-electron chi connectivity index (χ4n) is 0.827. The number of aliphatic hydroxyl groups is 1. The molecule has 0 spiro atoms. The predicted octanol–water partition coefficient (Wildman–Crippen LogP) is 0.523. The van der Waals surface area contributed by atoms with Crippen molar-refractivity contribution in [2.24, 2.45) is 0 Å². The number of aromatic nitrogens is 1. The molecule has 0 radical (unpaired) electrons. The summed E-state index contributed by atoms with van der Waals surface area (Å²) in [6.07, 6.45) is 0.448. The molecule has 4 heteroatoms. The summed E-state index contributed by atoms with van der Waals surface area (Å²) >= 11 is 0. The van der Waals surface area contributed by atoms with E-state index in [0.29, 0.717) is 5.69 Å². The summed E-state index contributed by atoms with van der Waals surface area (Å²) in [6, 6.07) is 3.36. The van der Waals surface area contributed by atoms with Gasteiger partial charge in [0.05, 0.1) is 6.42 Å². The van der Waals surface area contributed by atoms with Crippen LogP contribution >= 0.6 is 0 Å². The molecule has 0 aliphatic heterocycles. The third-order valence-electron chi connectivity index (χ3n) is 1.35. The van der Waals surface area contributed by atoms with Gasteiger partial charge in [-0.1, -0.05) is 0 Å². The van der Waals surface area contributed by atoms with Crippen LogP contribution in [0.3, 0.4) is 0 Å². The molecule has 1 aromatic heterocycles. The molecule has 1 heterocycles. The van der Waals surface area contributed by atoms with Crippen molar-refractivity contribution in [2.75, 3.05) is 0 Å². The van der Waals surface area contributed by atoms with E-state index in [1.165, 1.54) is 0 Å². The Kier molecular flexibility index (Phi) is 2.28. The van der Waals surface area contributed by atoms with Crippen molar-refractivity contribution in [1.29, 1.82) is 0 Å². The van der Waals surface area contributed by atoms with Crippen LogP contribution in [0.15, 0.2) is 18.3 Å². The van der Waals surface area contributed by atoms with Gasteiger partial charge in [-0.15, -0.1) is 0 Å². The molecule has 1 unspecified atom stereocenters. The van der Waals surface area contributed by atoms with Crippen LogP contribution in [0.4, 0.5) is 0 Å². The molecular formula is C7H9NO3. The molecule has 1 atom stereocenters. The summed E-state index contributed by atoms with van der Waals surface area (Å²) in [6.45, 7) is 0. The van der Waals surface area contributed by atoms with Crippen LogP contribution < -0.4 is 0 Å². The van der Waals surface area contributed by atoms with E-state index in [0.717, 1.165) is 0 Å². The number of nitrogens with one attached hydrogen (secondary N) is 1. The lowest BCUT2D eigenvalue weighted by Crippen LogP contribution is -2.05. The Hall–Kier alpha value is -1.29. The van der Waals surface area contributed by atoms with Gasteiger partial charge in [0.15, 0.2) is 0 Å². The number of aliphatic hydroxyl groups excluding tert-OH is 1. The zero-order chi connectivity index (χ0) is 8.27. The van der Waals surface area contributed by atoms with Crippen molar-refractivity contribution < 1.29 is 15.0 Å². The Balaban J connectivity index is 2.56. The molecule has 1 aromatic rings. The van der Waals surface area contributed by atoms with Gasteiger partial charge >= 0.3 is 5.97 Å². The van der Waals surface area contributed by atoms with Gasteiger partial charge in [0, 0.05) is 11.9 Å². The number of aromatic amines is 1. The Morgan fingerprint density at radius 2 is 2.45 bits per heavy atom. The maximum absolute atomic E-state index is 10.1. The van der Waals surface area contributed by atoms with Gasteiger partial charge in [0.25, 0.3) is 0 Å². The van der Waals surface area contributed by atoms with E-state index in [9.17, 15) is 4.79 Å². The van der Waals surface area contributed by atoms with Gasteiger partial charge in [0.1, 0.15) is 6.10 Å². The average Bonchev–Trinajstić information content (AvgIpc) is 2.35. The fourth-order valence-corrected chi connectivity index (χ4v) is 0.827. The molecule has 0 bridgehead atoms. The standard InChI is InChI=1S/C7H9NO3/c9-6(4-7(10)11)5-2-1-3-8-5/h1-3,6,8-9H,4H2,(H,10,11). The molecule has 60 valence electrons. The fraction of sp³-hybridized carbons (Fsp3) is 0.286. The lowest BCUT2D eigenvalue weighted by Gasteiger charge is -2.03. The normalized spacial score (nSPS) is 12.8. The van der Waals surface area contributed by atoms with Crippen molar-refractivity contribution >= 4 is 5.97 Å². The lowest BCUT2D eigenvalue weighted by molar-refractivity contribution is -0.139. The average molecular weight is 155 g/mol. The quantitative estimate of drug-likeness (QED) is 0.595. The number of hydrogen-bond acceptors (Lipinski definition) is 2. The van der Waals surface area contributed by atoms with E-state index < -0.39 is 12.1 Å². The number of carboxylic acids is 1. The summed E-state index contributed by atoms with van der Waals surface area (Å²) < 4.78 is 0. The van der Waals surface area contributed by atoms with Crippen molar-refractivity contribution in [1.82, 2.24) is 4.98 Å². The Bertz CT molecular complexity index is 230. The second kappa shape index (κ2) is 3.21. The largest absolute Gasteiger partial charge is 0.481 e. The van der Waals surface area contributed by atoms with Gasteiger partial charge < -0.3 is 15.2 Å². The molecule has 3 N–H and O–H groups in total. The number of carboxylic acid groups (broad SMARTS) is 1. The predicted molar refractivity (Wildman–Crippen MR) is 38.0 cm³/mol. The van der Waals surface area contributed by atoms with Crippen molar-refractivity contribution in [3.05, 3.63) is 24.0 Å². The minimum absolute atomic E-state index is 0.263. The first-order chi connectivity index (χ1) is 5.20. The maximum Gasteiger partial charge on any atom is 0.306 e. The van der Waals surface area contributed by atoms with Crippen LogP contribution in [0.2, 0.25) is 0 Å². The Labute approximate surface area is 63.5 Å². The van der Waals surface area contributed by atoms with Crippen LogP contribution in [0.1, 0.15) is 18.2 Å². The highest BCUT2D eigenvalue weighted by atomic mass is 16.4. The smallest absolute Gasteiger partial charge is 0.306 e. The third-order valence-corrected chi connectivity index (χ3v) is 1.35. The van der Waals surface area contributed by atoms with E-state index in [4.69, 9.17) is 10.2 Å². The molecule has 4 nitrogen and oxygen atoms in total. The number of carbonyl (C=O) groups is 1. The molecule has 0 saturated carbocycles. The first kappa shape index (κ1) is 7.81.